The van der Waals surface area contributed by atoms with Crippen LogP contribution in [0.5, 0.6) is 0 Å². The number of carbonyl (C=O) groups excluding carboxylic acids is 3. The largest absolute Gasteiger partial charge is 1.00 e. The summed E-state index contributed by atoms with van der Waals surface area (Å²) < 4.78 is 59.4. The first kappa shape index (κ1) is 109. The van der Waals surface area contributed by atoms with Crippen LogP contribution in [-0.2, 0) is 46.3 Å². The summed E-state index contributed by atoms with van der Waals surface area (Å²) in [5, 5.41) is 11.0. The summed E-state index contributed by atoms with van der Waals surface area (Å²) in [6.45, 7) is 12.7. The Hall–Kier alpha value is 0.350. The van der Waals surface area contributed by atoms with Crippen molar-refractivity contribution in [3.8, 4) is 0 Å². The third-order valence-corrected chi connectivity index (χ3v) is 22.2. The van der Waals surface area contributed by atoms with Crippen molar-refractivity contribution in [2.75, 3.05) is 65.9 Å². The maximum Gasteiger partial charge on any atom is 1.00 e. The van der Waals surface area contributed by atoms with Crippen molar-refractivity contribution in [3.63, 3.8) is 0 Å². The Kier molecular flexibility index (Phi) is 87.9. The topological polar surface area (TPSA) is 235 Å². The molecule has 0 heterocycles. The number of unbranched alkanes of at least 4 members (excludes halogenated alkanes) is 46. The molecule has 0 aromatic rings. The zero-order valence-corrected chi connectivity index (χ0v) is 75.3. The van der Waals surface area contributed by atoms with E-state index in [-0.39, 0.29) is 110 Å². The molecule has 0 radical (unpaired) electrons. The standard InChI is InChI=1S/C83H168N4O13P2.2Na/c1-7-13-19-25-29-33-37-41-45-51-57-63-81(88)86-79(73-95-69-65-77(59-53-47-23-17-11-5)61-55-49-43-39-35-31-27-21-15-9-3)75-99-101(91,92)97-71-67-84-83(90)85-68-72-98-102(93,94)100-76-80(87-82(89)64-58-52-46-42-38-34-30-26-20-14-8-2)74-96-70-66-78(60-54-48-24-18-12-6)62-56-50-44-40-36-32-28-22-16-10-4;;/h77-80H,7-76H2,1-6H3,(H,86,88)(H,87,89)(H,91,92)(H,93,94)(H2,84,85,90);;/q;2*+1/p-2/t77-,78-,79-,80-;;/m1../s1. The van der Waals surface area contributed by atoms with Gasteiger partial charge in [0.1, 0.15) is 0 Å². The number of nitrogens with one attached hydrogen (secondary N) is 4. The van der Waals surface area contributed by atoms with Gasteiger partial charge in [0.25, 0.3) is 15.6 Å². The number of hydrogen-bond acceptors (Lipinski definition) is 13. The number of phosphoric ester groups is 2. The number of hydrogen-bond donors (Lipinski definition) is 4. The molecule has 0 bridgehead atoms. The summed E-state index contributed by atoms with van der Waals surface area (Å²) >= 11 is 0. The Labute approximate surface area is 686 Å². The van der Waals surface area contributed by atoms with E-state index in [2.05, 4.69) is 62.8 Å². The van der Waals surface area contributed by atoms with E-state index >= 15 is 0 Å². The van der Waals surface area contributed by atoms with Crippen molar-refractivity contribution in [2.45, 2.75) is 439 Å². The molecule has 0 aromatic heterocycles. The quantitative estimate of drug-likeness (QED) is 0.0252. The van der Waals surface area contributed by atoms with E-state index in [1.165, 1.54) is 308 Å². The number of urea groups is 1. The molecule has 0 fully saturated rings. The summed E-state index contributed by atoms with van der Waals surface area (Å²) in [6, 6.07) is -2.14. The molecule has 4 N–H and O–H groups in total. The molecule has 104 heavy (non-hydrogen) atoms. The predicted octanol–water partition coefficient (Wildman–Crippen LogP) is 17.1. The monoisotopic (exact) mass is 1540 g/mol. The van der Waals surface area contributed by atoms with Gasteiger partial charge in [-0.3, -0.25) is 18.7 Å². The van der Waals surface area contributed by atoms with Crippen molar-refractivity contribution in [1.29, 1.82) is 0 Å². The Morgan fingerprint density at radius 1 is 0.288 bits per heavy atom. The molecule has 4 amide bonds. The van der Waals surface area contributed by atoms with Gasteiger partial charge in [-0.25, -0.2) is 4.79 Å². The van der Waals surface area contributed by atoms with Gasteiger partial charge in [0, 0.05) is 39.1 Å². The second-order valence-electron chi connectivity index (χ2n) is 30.2. The second-order valence-corrected chi connectivity index (χ2v) is 33.1. The molecule has 608 valence electrons. The smallest absolute Gasteiger partial charge is 0.756 e. The van der Waals surface area contributed by atoms with E-state index < -0.39 is 47.0 Å². The molecule has 0 saturated heterocycles. The summed E-state index contributed by atoms with van der Waals surface area (Å²) in [5.41, 5.74) is 0. The minimum atomic E-state index is -4.87. The first-order chi connectivity index (χ1) is 49.7. The Morgan fingerprint density at radius 3 is 0.750 bits per heavy atom. The van der Waals surface area contributed by atoms with E-state index in [4.69, 9.17) is 27.6 Å². The molecule has 0 saturated carbocycles. The fraction of sp³-hybridized carbons (Fsp3) is 0.964. The first-order valence-electron chi connectivity index (χ1n) is 43.7. The van der Waals surface area contributed by atoms with Gasteiger partial charge >= 0.3 is 65.1 Å². The third-order valence-electron chi connectivity index (χ3n) is 20.2. The van der Waals surface area contributed by atoms with Crippen LogP contribution in [0.15, 0.2) is 0 Å². The van der Waals surface area contributed by atoms with Crippen molar-refractivity contribution in [3.05, 3.63) is 0 Å². The van der Waals surface area contributed by atoms with E-state index in [1.54, 1.807) is 0 Å². The number of amides is 4. The van der Waals surface area contributed by atoms with Crippen molar-refractivity contribution in [2.24, 2.45) is 11.8 Å². The number of phosphoric acid groups is 2. The maximum absolute atomic E-state index is 13.3. The van der Waals surface area contributed by atoms with Gasteiger partial charge in [-0.15, -0.1) is 0 Å². The van der Waals surface area contributed by atoms with E-state index in [0.717, 1.165) is 64.2 Å². The van der Waals surface area contributed by atoms with Crippen LogP contribution in [0.4, 0.5) is 4.79 Å². The van der Waals surface area contributed by atoms with Crippen LogP contribution in [-0.4, -0.2) is 95.9 Å². The van der Waals surface area contributed by atoms with Crippen LogP contribution in [0.2, 0.25) is 0 Å². The molecule has 0 aliphatic carbocycles. The van der Waals surface area contributed by atoms with Gasteiger partial charge in [0.2, 0.25) is 11.8 Å². The van der Waals surface area contributed by atoms with Gasteiger partial charge in [-0.05, 0) is 37.5 Å². The summed E-state index contributed by atoms with van der Waals surface area (Å²) in [4.78, 5) is 65.4. The van der Waals surface area contributed by atoms with Crippen LogP contribution in [0.1, 0.15) is 427 Å². The zero-order valence-electron chi connectivity index (χ0n) is 69.5. The van der Waals surface area contributed by atoms with Crippen molar-refractivity contribution in [1.82, 2.24) is 21.3 Å². The fourth-order valence-electron chi connectivity index (χ4n) is 13.6. The van der Waals surface area contributed by atoms with Crippen LogP contribution in [0.3, 0.4) is 0 Å². The van der Waals surface area contributed by atoms with Crippen LogP contribution < -0.4 is 90.2 Å². The minimum Gasteiger partial charge on any atom is -0.756 e. The Bertz CT molecular complexity index is 1780. The molecule has 0 aliphatic rings. The number of rotatable bonds is 84. The van der Waals surface area contributed by atoms with Crippen LogP contribution >= 0.6 is 15.6 Å². The van der Waals surface area contributed by atoms with Crippen molar-refractivity contribution < 1.29 is 120 Å². The molecule has 0 aromatic carbocycles. The van der Waals surface area contributed by atoms with Crippen molar-refractivity contribution >= 4 is 33.5 Å². The summed E-state index contributed by atoms with van der Waals surface area (Å²) in [5.74, 6) is 0.763. The van der Waals surface area contributed by atoms with Gasteiger partial charge in [0.05, 0.1) is 51.7 Å². The van der Waals surface area contributed by atoms with Gasteiger partial charge < -0.3 is 58.6 Å². The fourth-order valence-corrected chi connectivity index (χ4v) is 15.1. The third kappa shape index (κ3) is 80.4. The van der Waals surface area contributed by atoms with Crippen LogP contribution in [0.25, 0.3) is 0 Å². The predicted molar refractivity (Wildman–Crippen MR) is 424 cm³/mol. The number of ether oxygens (including phenoxy) is 2. The second kappa shape index (κ2) is 84.3. The van der Waals surface area contributed by atoms with E-state index in [9.17, 15) is 33.3 Å². The van der Waals surface area contributed by atoms with Gasteiger partial charge in [-0.1, -0.05) is 388 Å². The molecule has 6 atom stereocenters. The van der Waals surface area contributed by atoms with E-state index in [1.807, 2.05) is 0 Å². The molecular formula is C83H166N4Na2O13P2. The molecule has 0 aliphatic heterocycles. The van der Waals surface area contributed by atoms with E-state index in [0.29, 0.717) is 37.9 Å². The van der Waals surface area contributed by atoms with Gasteiger partial charge in [-0.2, -0.15) is 0 Å². The molecule has 0 rings (SSSR count). The SMILES string of the molecule is CCCCCCCCCCCCCC(=O)N[C@H](COCC[C@H](CCCCCCC)CCCCCCCCCCCC)COP(=O)([O-])OCCNC(=O)NCCOP(=O)([O-])OC[C@@H](COCC[C@H](CCCCCCC)CCCCCCCCCCCC)NC(=O)CCCCCCCCCCCCC.[Na+].[Na+]. The maximum atomic E-state index is 13.3. The summed E-state index contributed by atoms with van der Waals surface area (Å²) in [6.07, 6.45) is 71.6. The Balaban J connectivity index is -0.0000510. The van der Waals surface area contributed by atoms with Crippen LogP contribution in [0, 0.1) is 11.8 Å². The normalized spacial score (nSPS) is 13.8. The minimum absolute atomic E-state index is 0. The van der Waals surface area contributed by atoms with Gasteiger partial charge in [0.15, 0.2) is 0 Å². The average molecular weight is 1540 g/mol. The first-order valence-corrected chi connectivity index (χ1v) is 46.6. The molecular weight excluding hydrogens is 1370 g/mol. The Morgan fingerprint density at radius 2 is 0.510 bits per heavy atom. The molecule has 21 heteroatoms. The summed E-state index contributed by atoms with van der Waals surface area (Å²) in [7, 11) is -9.75. The zero-order chi connectivity index (χ0) is 74.6. The number of carbonyl (C=O) groups is 3. The average Bonchev–Trinajstić information content (AvgIpc) is 0.926. The molecule has 2 unspecified atom stereocenters. The molecule has 0 spiro atoms. The molecule has 17 nitrogen and oxygen atoms in total.